The highest BCUT2D eigenvalue weighted by Gasteiger charge is 2.23. The standard InChI is InChI=1S/C25H28N2O5S/c1-5-32-23-15-14-19(16-24(23)31-4)18-26(2)25(28)20-10-9-13-22(17-20)33(29,30)27(3)21-11-7-6-8-12-21/h6-17H,5,18H2,1-4H3. The fourth-order valence-corrected chi connectivity index (χ4v) is 4.62. The summed E-state index contributed by atoms with van der Waals surface area (Å²) < 4.78 is 38.3. The number of methoxy groups -OCH3 is 1. The molecule has 0 spiro atoms. The van der Waals surface area contributed by atoms with Gasteiger partial charge in [0.05, 0.1) is 24.3 Å². The third-order valence-corrected chi connectivity index (χ3v) is 6.94. The molecule has 0 radical (unpaired) electrons. The maximum absolute atomic E-state index is 13.1. The number of hydrogen-bond donors (Lipinski definition) is 0. The Morgan fingerprint density at radius 3 is 2.30 bits per heavy atom. The molecule has 0 saturated heterocycles. The molecule has 0 aliphatic heterocycles. The van der Waals surface area contributed by atoms with Crippen LogP contribution in [0.5, 0.6) is 11.5 Å². The van der Waals surface area contributed by atoms with Crippen molar-refractivity contribution in [3.8, 4) is 11.5 Å². The number of nitrogens with zero attached hydrogens (tertiary/aromatic N) is 2. The number of anilines is 1. The summed E-state index contributed by atoms with van der Waals surface area (Å²) >= 11 is 0. The van der Waals surface area contributed by atoms with Crippen molar-refractivity contribution in [1.29, 1.82) is 0 Å². The fourth-order valence-electron chi connectivity index (χ4n) is 3.38. The Kier molecular flexibility index (Phi) is 7.60. The summed E-state index contributed by atoms with van der Waals surface area (Å²) in [5, 5.41) is 0. The van der Waals surface area contributed by atoms with E-state index in [-0.39, 0.29) is 16.4 Å². The molecule has 0 bridgehead atoms. The van der Waals surface area contributed by atoms with E-state index in [4.69, 9.17) is 9.47 Å². The molecule has 0 heterocycles. The average Bonchev–Trinajstić information content (AvgIpc) is 2.84. The van der Waals surface area contributed by atoms with Crippen LogP contribution in [0.3, 0.4) is 0 Å². The van der Waals surface area contributed by atoms with Gasteiger partial charge in [0.1, 0.15) is 0 Å². The van der Waals surface area contributed by atoms with Crippen LogP contribution < -0.4 is 13.8 Å². The highest BCUT2D eigenvalue weighted by Crippen LogP contribution is 2.29. The predicted octanol–water partition coefficient (Wildman–Crippen LogP) is 4.19. The van der Waals surface area contributed by atoms with Gasteiger partial charge in [0.2, 0.25) is 0 Å². The number of amides is 1. The first-order chi connectivity index (χ1) is 15.8. The van der Waals surface area contributed by atoms with Crippen molar-refractivity contribution < 1.29 is 22.7 Å². The Balaban J connectivity index is 1.80. The first-order valence-corrected chi connectivity index (χ1v) is 11.9. The zero-order valence-corrected chi connectivity index (χ0v) is 20.0. The summed E-state index contributed by atoms with van der Waals surface area (Å²) in [6.45, 7) is 2.74. The largest absolute Gasteiger partial charge is 0.493 e. The third-order valence-electron chi connectivity index (χ3n) is 5.15. The van der Waals surface area contributed by atoms with Gasteiger partial charge in [-0.05, 0) is 55.0 Å². The van der Waals surface area contributed by atoms with Crippen LogP contribution in [0.25, 0.3) is 0 Å². The molecule has 3 rings (SSSR count). The first-order valence-electron chi connectivity index (χ1n) is 10.5. The molecule has 0 aromatic heterocycles. The second-order valence-corrected chi connectivity index (χ2v) is 9.38. The number of carbonyl (C=O) groups excluding carboxylic acids is 1. The Morgan fingerprint density at radius 2 is 1.64 bits per heavy atom. The smallest absolute Gasteiger partial charge is 0.264 e. The van der Waals surface area contributed by atoms with E-state index in [2.05, 4.69) is 0 Å². The second-order valence-electron chi connectivity index (χ2n) is 7.42. The minimum Gasteiger partial charge on any atom is -0.493 e. The van der Waals surface area contributed by atoms with Crippen molar-refractivity contribution >= 4 is 21.6 Å². The maximum atomic E-state index is 13.1. The van der Waals surface area contributed by atoms with Gasteiger partial charge in [0.15, 0.2) is 11.5 Å². The fraction of sp³-hybridized carbons (Fsp3) is 0.240. The van der Waals surface area contributed by atoms with Crippen molar-refractivity contribution in [2.45, 2.75) is 18.4 Å². The molecule has 3 aromatic rings. The lowest BCUT2D eigenvalue weighted by atomic mass is 10.1. The van der Waals surface area contributed by atoms with Gasteiger partial charge in [0.25, 0.3) is 15.9 Å². The minimum atomic E-state index is -3.82. The van der Waals surface area contributed by atoms with E-state index in [1.165, 1.54) is 28.4 Å². The Hall–Kier alpha value is -3.52. The van der Waals surface area contributed by atoms with E-state index < -0.39 is 10.0 Å². The molecule has 0 N–H and O–H groups in total. The van der Waals surface area contributed by atoms with Gasteiger partial charge in [-0.25, -0.2) is 8.42 Å². The van der Waals surface area contributed by atoms with Gasteiger partial charge < -0.3 is 14.4 Å². The normalized spacial score (nSPS) is 11.0. The van der Waals surface area contributed by atoms with Gasteiger partial charge in [-0.15, -0.1) is 0 Å². The van der Waals surface area contributed by atoms with Gasteiger partial charge in [0, 0.05) is 26.2 Å². The highest BCUT2D eigenvalue weighted by molar-refractivity contribution is 7.92. The molecule has 0 aliphatic rings. The van der Waals surface area contributed by atoms with Crippen LogP contribution in [0.2, 0.25) is 0 Å². The lowest BCUT2D eigenvalue weighted by Gasteiger charge is -2.21. The van der Waals surface area contributed by atoms with Gasteiger partial charge in [-0.3, -0.25) is 9.10 Å². The molecule has 0 atom stereocenters. The summed E-state index contributed by atoms with van der Waals surface area (Å²) in [5.74, 6) is 0.938. The summed E-state index contributed by atoms with van der Waals surface area (Å²) in [5.41, 5.74) is 1.69. The van der Waals surface area contributed by atoms with Gasteiger partial charge in [-0.2, -0.15) is 0 Å². The van der Waals surface area contributed by atoms with Crippen molar-refractivity contribution in [3.05, 3.63) is 83.9 Å². The minimum absolute atomic E-state index is 0.0517. The number of ether oxygens (including phenoxy) is 2. The van der Waals surface area contributed by atoms with E-state index in [0.29, 0.717) is 30.3 Å². The number of hydrogen-bond acceptors (Lipinski definition) is 5. The van der Waals surface area contributed by atoms with E-state index in [0.717, 1.165) is 5.56 Å². The summed E-state index contributed by atoms with van der Waals surface area (Å²) in [6, 6.07) is 20.4. The molecule has 3 aromatic carbocycles. The van der Waals surface area contributed by atoms with Crippen LogP contribution in [-0.4, -0.2) is 47.0 Å². The van der Waals surface area contributed by atoms with Gasteiger partial charge in [-0.1, -0.05) is 30.3 Å². The third kappa shape index (κ3) is 5.46. The number of sulfonamides is 1. The van der Waals surface area contributed by atoms with Crippen molar-refractivity contribution in [3.63, 3.8) is 0 Å². The Labute approximate surface area is 195 Å². The number of para-hydroxylation sites is 1. The Bertz CT molecular complexity index is 1210. The molecule has 1 amide bonds. The highest BCUT2D eigenvalue weighted by atomic mass is 32.2. The molecule has 0 unspecified atom stereocenters. The van der Waals surface area contributed by atoms with Crippen LogP contribution in [0, 0.1) is 0 Å². The van der Waals surface area contributed by atoms with Crippen molar-refractivity contribution in [1.82, 2.24) is 4.90 Å². The number of rotatable bonds is 9. The first kappa shape index (κ1) is 24.1. The van der Waals surface area contributed by atoms with Crippen LogP contribution in [0.1, 0.15) is 22.8 Å². The zero-order valence-electron chi connectivity index (χ0n) is 19.2. The molecular formula is C25H28N2O5S. The van der Waals surface area contributed by atoms with E-state index in [1.54, 1.807) is 50.6 Å². The van der Waals surface area contributed by atoms with Gasteiger partial charge >= 0.3 is 0 Å². The van der Waals surface area contributed by atoms with Crippen LogP contribution in [0.15, 0.2) is 77.7 Å². The van der Waals surface area contributed by atoms with Crippen molar-refractivity contribution in [2.24, 2.45) is 0 Å². The quantitative estimate of drug-likeness (QED) is 0.471. The molecule has 0 aliphatic carbocycles. The molecule has 33 heavy (non-hydrogen) atoms. The van der Waals surface area contributed by atoms with Crippen LogP contribution in [-0.2, 0) is 16.6 Å². The van der Waals surface area contributed by atoms with Crippen LogP contribution in [0.4, 0.5) is 5.69 Å². The van der Waals surface area contributed by atoms with E-state index in [9.17, 15) is 13.2 Å². The summed E-state index contributed by atoms with van der Waals surface area (Å²) in [6.07, 6.45) is 0. The lowest BCUT2D eigenvalue weighted by molar-refractivity contribution is 0.0784. The van der Waals surface area contributed by atoms with Crippen LogP contribution >= 0.6 is 0 Å². The zero-order chi connectivity index (χ0) is 24.0. The summed E-state index contributed by atoms with van der Waals surface area (Å²) in [4.78, 5) is 14.6. The molecule has 0 saturated carbocycles. The SMILES string of the molecule is CCOc1ccc(CN(C)C(=O)c2cccc(S(=O)(=O)N(C)c3ccccc3)c2)cc1OC. The topological polar surface area (TPSA) is 76.2 Å². The monoisotopic (exact) mass is 468 g/mol. The molecule has 174 valence electrons. The van der Waals surface area contributed by atoms with E-state index >= 15 is 0 Å². The summed E-state index contributed by atoms with van der Waals surface area (Å²) in [7, 11) is 0.904. The Morgan fingerprint density at radius 1 is 0.909 bits per heavy atom. The molecule has 8 heteroatoms. The molecule has 7 nitrogen and oxygen atoms in total. The number of benzene rings is 3. The maximum Gasteiger partial charge on any atom is 0.264 e. The second kappa shape index (κ2) is 10.4. The number of carbonyl (C=O) groups is 1. The molecule has 0 fully saturated rings. The lowest BCUT2D eigenvalue weighted by Crippen LogP contribution is -2.28. The van der Waals surface area contributed by atoms with Crippen molar-refractivity contribution in [2.75, 3.05) is 32.1 Å². The molecular weight excluding hydrogens is 440 g/mol. The predicted molar refractivity (Wildman–Crippen MR) is 128 cm³/mol. The average molecular weight is 469 g/mol. The van der Waals surface area contributed by atoms with E-state index in [1.807, 2.05) is 31.2 Å².